The molecule has 1 amide bonds. The fraction of sp³-hybridized carbons (Fsp3) is 0.571. The van der Waals surface area contributed by atoms with E-state index in [4.69, 9.17) is 0 Å². The molecule has 2 N–H and O–H groups in total. The molecule has 0 aliphatic carbocycles. The maximum Gasteiger partial charge on any atom is 0.230 e. The Kier molecular flexibility index (Phi) is 7.52. The molecule has 0 saturated carbocycles. The number of aromatic nitrogens is 1. The van der Waals surface area contributed by atoms with Gasteiger partial charge in [0, 0.05) is 18.5 Å². The molecule has 0 saturated heterocycles. The molecule has 1 heterocycles. The van der Waals surface area contributed by atoms with Crippen LogP contribution in [0, 0.1) is 5.92 Å². The zero-order chi connectivity index (χ0) is 14.1. The first kappa shape index (κ1) is 16.0. The van der Waals surface area contributed by atoms with Crippen molar-refractivity contribution in [1.82, 2.24) is 10.3 Å². The van der Waals surface area contributed by atoms with Crippen molar-refractivity contribution in [2.45, 2.75) is 32.1 Å². The number of nitrogens with zero attached hydrogens (tertiary/aromatic N) is 1. The van der Waals surface area contributed by atoms with Crippen LogP contribution >= 0.6 is 11.8 Å². The molecule has 0 bridgehead atoms. The zero-order valence-corrected chi connectivity index (χ0v) is 12.3. The largest absolute Gasteiger partial charge is 0.393 e. The number of amides is 1. The van der Waals surface area contributed by atoms with Gasteiger partial charge in [-0.3, -0.25) is 9.78 Å². The maximum absolute atomic E-state index is 11.6. The predicted molar refractivity (Wildman–Crippen MR) is 78.9 cm³/mol. The molecule has 1 aromatic rings. The van der Waals surface area contributed by atoms with Crippen LogP contribution in [0.15, 0.2) is 24.4 Å². The number of aliphatic hydroxyl groups is 1. The number of hydrogen-bond acceptors (Lipinski definition) is 4. The summed E-state index contributed by atoms with van der Waals surface area (Å²) in [4.78, 5) is 15.8. The number of nitrogens with one attached hydrogen (secondary N) is 1. The number of thioether (sulfide) groups is 1. The van der Waals surface area contributed by atoms with Gasteiger partial charge in [0.1, 0.15) is 0 Å². The van der Waals surface area contributed by atoms with E-state index in [9.17, 15) is 9.90 Å². The summed E-state index contributed by atoms with van der Waals surface area (Å²) in [5, 5.41) is 12.1. The Morgan fingerprint density at radius 2 is 2.26 bits per heavy atom. The minimum atomic E-state index is -0.314. The lowest BCUT2D eigenvalue weighted by Gasteiger charge is -2.14. The van der Waals surface area contributed by atoms with E-state index >= 15 is 0 Å². The van der Waals surface area contributed by atoms with E-state index in [1.807, 2.05) is 25.1 Å². The SMILES string of the molecule is CC(O)CC(C)CNC(=O)CSCc1ccccn1. The summed E-state index contributed by atoms with van der Waals surface area (Å²) in [6.45, 7) is 4.41. The van der Waals surface area contributed by atoms with Gasteiger partial charge in [-0.25, -0.2) is 0 Å². The van der Waals surface area contributed by atoms with Crippen LogP contribution in [0.4, 0.5) is 0 Å². The molecule has 4 nitrogen and oxygen atoms in total. The van der Waals surface area contributed by atoms with Gasteiger partial charge in [0.15, 0.2) is 0 Å². The lowest BCUT2D eigenvalue weighted by atomic mass is 10.1. The molecule has 0 aliphatic heterocycles. The standard InChI is InChI=1S/C14H22N2O2S/c1-11(7-12(2)17)8-16-14(18)10-19-9-13-5-3-4-6-15-13/h3-6,11-12,17H,7-10H2,1-2H3,(H,16,18). The molecule has 0 aliphatic rings. The molecule has 0 aromatic carbocycles. The van der Waals surface area contributed by atoms with Gasteiger partial charge in [0.25, 0.3) is 0 Å². The van der Waals surface area contributed by atoms with Gasteiger partial charge in [0.2, 0.25) is 5.91 Å². The van der Waals surface area contributed by atoms with Crippen molar-refractivity contribution >= 4 is 17.7 Å². The van der Waals surface area contributed by atoms with Crippen molar-refractivity contribution in [1.29, 1.82) is 0 Å². The third kappa shape index (κ3) is 7.85. The summed E-state index contributed by atoms with van der Waals surface area (Å²) >= 11 is 1.56. The predicted octanol–water partition coefficient (Wildman–Crippen LogP) is 1.84. The summed E-state index contributed by atoms with van der Waals surface area (Å²) < 4.78 is 0. The zero-order valence-electron chi connectivity index (χ0n) is 11.5. The highest BCUT2D eigenvalue weighted by atomic mass is 32.2. The summed E-state index contributed by atoms with van der Waals surface area (Å²) in [5.74, 6) is 1.53. The molecule has 2 atom stereocenters. The fourth-order valence-corrected chi connectivity index (χ4v) is 2.51. The average molecular weight is 282 g/mol. The molecular weight excluding hydrogens is 260 g/mol. The molecule has 0 spiro atoms. The minimum Gasteiger partial charge on any atom is -0.393 e. The molecule has 0 fully saturated rings. The van der Waals surface area contributed by atoms with E-state index < -0.39 is 0 Å². The van der Waals surface area contributed by atoms with E-state index in [1.165, 1.54) is 0 Å². The monoisotopic (exact) mass is 282 g/mol. The average Bonchev–Trinajstić information content (AvgIpc) is 2.37. The van der Waals surface area contributed by atoms with E-state index in [0.29, 0.717) is 24.6 Å². The second kappa shape index (κ2) is 8.93. The Morgan fingerprint density at radius 1 is 1.47 bits per heavy atom. The normalized spacial score (nSPS) is 13.8. The van der Waals surface area contributed by atoms with E-state index in [2.05, 4.69) is 10.3 Å². The molecule has 1 rings (SSSR count). The highest BCUT2D eigenvalue weighted by Crippen LogP contribution is 2.09. The van der Waals surface area contributed by atoms with Gasteiger partial charge in [0.05, 0.1) is 17.6 Å². The van der Waals surface area contributed by atoms with Crippen LogP contribution in [0.1, 0.15) is 26.0 Å². The van der Waals surface area contributed by atoms with Crippen LogP contribution in [0.25, 0.3) is 0 Å². The lowest BCUT2D eigenvalue weighted by molar-refractivity contribution is -0.118. The smallest absolute Gasteiger partial charge is 0.230 e. The number of carbonyl (C=O) groups excluding carboxylic acids is 1. The van der Waals surface area contributed by atoms with E-state index in [0.717, 1.165) is 11.4 Å². The quantitative estimate of drug-likeness (QED) is 0.764. The van der Waals surface area contributed by atoms with E-state index in [-0.39, 0.29) is 12.0 Å². The van der Waals surface area contributed by atoms with Crippen LogP contribution in [-0.2, 0) is 10.5 Å². The topological polar surface area (TPSA) is 62.2 Å². The lowest BCUT2D eigenvalue weighted by Crippen LogP contribution is -2.30. The Balaban J connectivity index is 2.11. The van der Waals surface area contributed by atoms with Crippen LogP contribution in [0.5, 0.6) is 0 Å². The van der Waals surface area contributed by atoms with Crippen LogP contribution < -0.4 is 5.32 Å². The number of hydrogen-bond donors (Lipinski definition) is 2. The van der Waals surface area contributed by atoms with Crippen molar-refractivity contribution in [2.75, 3.05) is 12.3 Å². The molecular formula is C14H22N2O2S. The van der Waals surface area contributed by atoms with Gasteiger partial charge in [-0.15, -0.1) is 11.8 Å². The van der Waals surface area contributed by atoms with Gasteiger partial charge >= 0.3 is 0 Å². The van der Waals surface area contributed by atoms with Crippen molar-refractivity contribution in [3.63, 3.8) is 0 Å². The molecule has 1 aromatic heterocycles. The number of aliphatic hydroxyl groups excluding tert-OH is 1. The molecule has 0 radical (unpaired) electrons. The number of pyridine rings is 1. The first-order chi connectivity index (χ1) is 9.08. The third-order valence-corrected chi connectivity index (χ3v) is 3.57. The first-order valence-corrected chi connectivity index (χ1v) is 7.65. The minimum absolute atomic E-state index is 0.0402. The number of carbonyl (C=O) groups is 1. The van der Waals surface area contributed by atoms with E-state index in [1.54, 1.807) is 24.9 Å². The number of rotatable bonds is 8. The highest BCUT2D eigenvalue weighted by molar-refractivity contribution is 7.99. The summed E-state index contributed by atoms with van der Waals surface area (Å²) in [7, 11) is 0. The summed E-state index contributed by atoms with van der Waals surface area (Å²) in [6, 6.07) is 5.78. The fourth-order valence-electron chi connectivity index (χ4n) is 1.74. The van der Waals surface area contributed by atoms with Crippen LogP contribution in [0.3, 0.4) is 0 Å². The Hall–Kier alpha value is -1.07. The summed E-state index contributed by atoms with van der Waals surface area (Å²) in [5.41, 5.74) is 0.989. The van der Waals surface area contributed by atoms with Gasteiger partial charge in [-0.05, 0) is 31.4 Å². The second-order valence-electron chi connectivity index (χ2n) is 4.81. The highest BCUT2D eigenvalue weighted by Gasteiger charge is 2.08. The Morgan fingerprint density at radius 3 is 2.89 bits per heavy atom. The van der Waals surface area contributed by atoms with Gasteiger partial charge in [-0.1, -0.05) is 13.0 Å². The molecule has 106 valence electrons. The summed E-state index contributed by atoms with van der Waals surface area (Å²) in [6.07, 6.45) is 2.15. The molecule has 19 heavy (non-hydrogen) atoms. The van der Waals surface area contributed by atoms with Gasteiger partial charge < -0.3 is 10.4 Å². The van der Waals surface area contributed by atoms with Crippen molar-refractivity contribution in [3.05, 3.63) is 30.1 Å². The van der Waals surface area contributed by atoms with Crippen LogP contribution in [-0.4, -0.2) is 34.4 Å². The molecule has 2 unspecified atom stereocenters. The van der Waals surface area contributed by atoms with Gasteiger partial charge in [-0.2, -0.15) is 0 Å². The maximum atomic E-state index is 11.6. The molecule has 5 heteroatoms. The Labute approximate surface area is 119 Å². The van der Waals surface area contributed by atoms with Crippen molar-refractivity contribution in [2.24, 2.45) is 5.92 Å². The first-order valence-electron chi connectivity index (χ1n) is 6.50. The van der Waals surface area contributed by atoms with Crippen molar-refractivity contribution < 1.29 is 9.90 Å². The van der Waals surface area contributed by atoms with Crippen molar-refractivity contribution in [3.8, 4) is 0 Å². The van der Waals surface area contributed by atoms with Crippen LogP contribution in [0.2, 0.25) is 0 Å². The Bertz CT molecular complexity index is 371. The third-order valence-electron chi connectivity index (χ3n) is 2.60. The second-order valence-corrected chi connectivity index (χ2v) is 5.79.